The molecule has 120 valence electrons. The van der Waals surface area contributed by atoms with Gasteiger partial charge in [-0.3, -0.25) is 9.59 Å². The highest BCUT2D eigenvalue weighted by atomic mass is 35.5. The molecule has 1 aliphatic rings. The van der Waals surface area contributed by atoms with Crippen molar-refractivity contribution in [3.8, 4) is 5.75 Å². The molecule has 2 aromatic carbocycles. The average Bonchev–Trinajstić information content (AvgIpc) is 2.54. The molecule has 1 atom stereocenters. The Morgan fingerprint density at radius 1 is 1.08 bits per heavy atom. The van der Waals surface area contributed by atoms with Gasteiger partial charge in [0.25, 0.3) is 5.56 Å². The van der Waals surface area contributed by atoms with Gasteiger partial charge in [0.05, 0.1) is 17.5 Å². The van der Waals surface area contributed by atoms with Crippen LogP contribution in [0.25, 0.3) is 10.9 Å². The molecule has 4 nitrogen and oxygen atoms in total. The topological polar surface area (TPSA) is 59.2 Å². The molecule has 2 heterocycles. The van der Waals surface area contributed by atoms with Crippen LogP contribution in [-0.2, 0) is 4.79 Å². The molecule has 1 aromatic heterocycles. The van der Waals surface area contributed by atoms with Crippen molar-refractivity contribution in [2.24, 2.45) is 0 Å². The number of esters is 1. The predicted octanol–water partition coefficient (Wildman–Crippen LogP) is 3.76. The maximum absolute atomic E-state index is 14.4. The fourth-order valence-electron chi connectivity index (χ4n) is 3.17. The quantitative estimate of drug-likeness (QED) is 0.684. The number of ether oxygens (including phenoxy) is 1. The SMILES string of the molecule is O=C1C[C@@H](c2c(F)cccc2Cl)c2c(c3ccccc3[nH]c2=O)O1. The predicted molar refractivity (Wildman–Crippen MR) is 88.1 cm³/mol. The summed E-state index contributed by atoms with van der Waals surface area (Å²) in [6, 6.07) is 11.3. The molecule has 6 heteroatoms. The van der Waals surface area contributed by atoms with Crippen LogP contribution in [0.15, 0.2) is 47.3 Å². The highest BCUT2D eigenvalue weighted by Gasteiger charge is 2.35. The zero-order valence-electron chi connectivity index (χ0n) is 12.3. The van der Waals surface area contributed by atoms with E-state index >= 15 is 0 Å². The van der Waals surface area contributed by atoms with Gasteiger partial charge in [0.1, 0.15) is 11.6 Å². The van der Waals surface area contributed by atoms with Crippen LogP contribution < -0.4 is 10.3 Å². The van der Waals surface area contributed by atoms with Crippen LogP contribution >= 0.6 is 11.6 Å². The van der Waals surface area contributed by atoms with E-state index in [2.05, 4.69) is 4.98 Å². The molecule has 0 saturated heterocycles. The number of H-pyrrole nitrogens is 1. The summed E-state index contributed by atoms with van der Waals surface area (Å²) in [7, 11) is 0. The monoisotopic (exact) mass is 343 g/mol. The van der Waals surface area contributed by atoms with Gasteiger partial charge in [-0.25, -0.2) is 4.39 Å². The summed E-state index contributed by atoms with van der Waals surface area (Å²) in [4.78, 5) is 27.4. The normalized spacial score (nSPS) is 16.8. The molecule has 0 saturated carbocycles. The van der Waals surface area contributed by atoms with Crippen LogP contribution in [0.4, 0.5) is 4.39 Å². The Morgan fingerprint density at radius 3 is 2.67 bits per heavy atom. The molecule has 0 bridgehead atoms. The van der Waals surface area contributed by atoms with Crippen LogP contribution in [0.5, 0.6) is 5.75 Å². The molecular formula is C18H11ClFNO3. The van der Waals surface area contributed by atoms with Crippen LogP contribution in [-0.4, -0.2) is 11.0 Å². The van der Waals surface area contributed by atoms with Crippen molar-refractivity contribution in [2.45, 2.75) is 12.3 Å². The molecule has 1 aliphatic heterocycles. The number of halogens is 2. The van der Waals surface area contributed by atoms with Gasteiger partial charge in [-0.1, -0.05) is 29.8 Å². The lowest BCUT2D eigenvalue weighted by atomic mass is 9.86. The van der Waals surface area contributed by atoms with Crippen LogP contribution in [0.1, 0.15) is 23.5 Å². The molecule has 4 rings (SSSR count). The summed E-state index contributed by atoms with van der Waals surface area (Å²) in [5.41, 5.74) is 0.494. The van der Waals surface area contributed by atoms with E-state index in [1.165, 1.54) is 18.2 Å². The Morgan fingerprint density at radius 2 is 1.88 bits per heavy atom. The number of aromatic amines is 1. The minimum absolute atomic E-state index is 0.137. The van der Waals surface area contributed by atoms with Gasteiger partial charge in [-0.2, -0.15) is 0 Å². The van der Waals surface area contributed by atoms with Crippen molar-refractivity contribution in [3.05, 3.63) is 74.8 Å². The molecule has 1 N–H and O–H groups in total. The third-order valence-corrected chi connectivity index (χ3v) is 4.52. The molecule has 0 unspecified atom stereocenters. The first-order chi connectivity index (χ1) is 11.6. The average molecular weight is 344 g/mol. The summed E-state index contributed by atoms with van der Waals surface area (Å²) in [5, 5.41) is 0.769. The van der Waals surface area contributed by atoms with E-state index in [1.54, 1.807) is 24.3 Å². The molecule has 0 radical (unpaired) electrons. The maximum Gasteiger partial charge on any atom is 0.312 e. The number of fused-ring (bicyclic) bond motifs is 3. The second-order valence-corrected chi connectivity index (χ2v) is 6.02. The minimum atomic E-state index is -0.789. The molecule has 0 fully saturated rings. The summed E-state index contributed by atoms with van der Waals surface area (Å²) < 4.78 is 19.7. The zero-order chi connectivity index (χ0) is 16.8. The fourth-order valence-corrected chi connectivity index (χ4v) is 3.46. The number of benzene rings is 2. The number of hydrogen-bond acceptors (Lipinski definition) is 3. The number of nitrogens with one attached hydrogen (secondary N) is 1. The fraction of sp³-hybridized carbons (Fsp3) is 0.111. The molecule has 24 heavy (non-hydrogen) atoms. The lowest BCUT2D eigenvalue weighted by Gasteiger charge is -2.25. The van der Waals surface area contributed by atoms with Gasteiger partial charge in [0.2, 0.25) is 0 Å². The van der Waals surface area contributed by atoms with Crippen LogP contribution in [0.2, 0.25) is 5.02 Å². The van der Waals surface area contributed by atoms with Crippen LogP contribution in [0, 0.1) is 5.82 Å². The summed E-state index contributed by atoms with van der Waals surface area (Å²) in [6.45, 7) is 0. The summed E-state index contributed by atoms with van der Waals surface area (Å²) >= 11 is 6.14. The largest absolute Gasteiger partial charge is 0.425 e. The first-order valence-corrected chi connectivity index (χ1v) is 7.73. The van der Waals surface area contributed by atoms with E-state index in [0.717, 1.165) is 0 Å². The maximum atomic E-state index is 14.4. The second kappa shape index (κ2) is 5.46. The van der Waals surface area contributed by atoms with Gasteiger partial charge in [0.15, 0.2) is 0 Å². The number of aromatic nitrogens is 1. The second-order valence-electron chi connectivity index (χ2n) is 5.61. The van der Waals surface area contributed by atoms with Crippen molar-refractivity contribution >= 4 is 28.5 Å². The summed E-state index contributed by atoms with van der Waals surface area (Å²) in [6.07, 6.45) is -0.144. The Hall–Kier alpha value is -2.66. The zero-order valence-corrected chi connectivity index (χ0v) is 13.1. The lowest BCUT2D eigenvalue weighted by molar-refractivity contribution is -0.135. The van der Waals surface area contributed by atoms with E-state index in [0.29, 0.717) is 10.9 Å². The first-order valence-electron chi connectivity index (χ1n) is 7.35. The Labute approximate surface area is 140 Å². The number of hydrogen-bond donors (Lipinski definition) is 1. The smallest absolute Gasteiger partial charge is 0.312 e. The third-order valence-electron chi connectivity index (χ3n) is 4.19. The van der Waals surface area contributed by atoms with E-state index in [9.17, 15) is 14.0 Å². The Kier molecular flexibility index (Phi) is 3.39. The number of rotatable bonds is 1. The van der Waals surface area contributed by atoms with E-state index < -0.39 is 23.3 Å². The molecule has 0 spiro atoms. The number of para-hydroxylation sites is 1. The van der Waals surface area contributed by atoms with Crippen molar-refractivity contribution < 1.29 is 13.9 Å². The molecule has 3 aromatic rings. The van der Waals surface area contributed by atoms with Gasteiger partial charge < -0.3 is 9.72 Å². The van der Waals surface area contributed by atoms with Crippen LogP contribution in [0.3, 0.4) is 0 Å². The van der Waals surface area contributed by atoms with E-state index in [1.807, 2.05) is 0 Å². The molecular weight excluding hydrogens is 333 g/mol. The van der Waals surface area contributed by atoms with Crippen molar-refractivity contribution in [1.82, 2.24) is 4.98 Å². The van der Waals surface area contributed by atoms with Gasteiger partial charge in [0, 0.05) is 21.9 Å². The first kappa shape index (κ1) is 14.9. The highest BCUT2D eigenvalue weighted by Crippen LogP contribution is 2.42. The number of pyridine rings is 1. The van der Waals surface area contributed by atoms with Gasteiger partial charge in [-0.15, -0.1) is 0 Å². The van der Waals surface area contributed by atoms with Crippen molar-refractivity contribution in [3.63, 3.8) is 0 Å². The molecule has 0 aliphatic carbocycles. The van der Waals surface area contributed by atoms with E-state index in [-0.39, 0.29) is 28.3 Å². The highest BCUT2D eigenvalue weighted by molar-refractivity contribution is 6.31. The number of carbonyl (C=O) groups is 1. The summed E-state index contributed by atoms with van der Waals surface area (Å²) in [5.74, 6) is -1.69. The number of carbonyl (C=O) groups excluding carboxylic acids is 1. The van der Waals surface area contributed by atoms with Gasteiger partial charge >= 0.3 is 5.97 Å². The van der Waals surface area contributed by atoms with Crippen molar-refractivity contribution in [1.29, 1.82) is 0 Å². The minimum Gasteiger partial charge on any atom is -0.425 e. The van der Waals surface area contributed by atoms with Gasteiger partial charge in [-0.05, 0) is 24.3 Å². The molecule has 0 amide bonds. The van der Waals surface area contributed by atoms with Crippen molar-refractivity contribution in [2.75, 3.05) is 0 Å². The standard InChI is InChI=1S/C18H11ClFNO3/c19-11-5-3-6-12(20)15(11)10-8-14(22)24-17-9-4-1-2-7-13(9)21-18(23)16(10)17/h1-7,10H,8H2,(H,21,23)/t10-/m0/s1. The third kappa shape index (κ3) is 2.20. The van der Waals surface area contributed by atoms with E-state index in [4.69, 9.17) is 16.3 Å². The lowest BCUT2D eigenvalue weighted by Crippen LogP contribution is -2.28. The Balaban J connectivity index is 2.07. The Bertz CT molecular complexity index is 1020.